The van der Waals surface area contributed by atoms with Crippen LogP contribution in [0, 0.1) is 5.92 Å². The van der Waals surface area contributed by atoms with Crippen LogP contribution in [0.5, 0.6) is 0 Å². The molecule has 0 aliphatic carbocycles. The first-order chi connectivity index (χ1) is 8.49. The molecule has 0 spiro atoms. The molecule has 0 aromatic heterocycles. The fourth-order valence-electron chi connectivity index (χ4n) is 1.93. The van der Waals surface area contributed by atoms with Gasteiger partial charge in [0.25, 0.3) is 0 Å². The van der Waals surface area contributed by atoms with Crippen LogP contribution in [0.4, 0.5) is 0 Å². The minimum atomic E-state index is -0.00794. The van der Waals surface area contributed by atoms with Gasteiger partial charge < -0.3 is 0 Å². The van der Waals surface area contributed by atoms with E-state index in [1.165, 1.54) is 11.1 Å². The summed E-state index contributed by atoms with van der Waals surface area (Å²) in [7, 11) is 1.59. The fraction of sp³-hybridized carbons (Fsp3) is 0.533. The molecule has 0 fully saturated rings. The number of rotatable bonds is 6. The van der Waals surface area contributed by atoms with Gasteiger partial charge in [0.05, 0.1) is 0 Å². The summed E-state index contributed by atoms with van der Waals surface area (Å²) >= 11 is 0. The second-order valence-corrected chi connectivity index (χ2v) is 5.27. The Kier molecular flexibility index (Phi) is 5.86. The molecule has 1 amide bonds. The first kappa shape index (κ1) is 14.7. The van der Waals surface area contributed by atoms with Gasteiger partial charge in [0.2, 0.25) is 5.91 Å². The van der Waals surface area contributed by atoms with Gasteiger partial charge in [0.15, 0.2) is 0 Å². The predicted octanol–water partition coefficient (Wildman–Crippen LogP) is 2.54. The molecule has 18 heavy (non-hydrogen) atoms. The molecular formula is C15H24N2O. The highest BCUT2D eigenvalue weighted by Gasteiger charge is 2.04. The minimum Gasteiger partial charge on any atom is -0.284 e. The Hall–Kier alpha value is -1.35. The third-order valence-corrected chi connectivity index (χ3v) is 2.92. The molecule has 0 saturated carbocycles. The van der Waals surface area contributed by atoms with Gasteiger partial charge in [-0.2, -0.15) is 0 Å². The number of hydrazine groups is 1. The maximum Gasteiger partial charge on any atom is 0.236 e. The van der Waals surface area contributed by atoms with Crippen LogP contribution in [0.2, 0.25) is 0 Å². The third kappa shape index (κ3) is 5.32. The molecule has 0 radical (unpaired) electrons. The number of nitrogens with two attached hydrogens (primary N) is 1. The van der Waals surface area contributed by atoms with Crippen LogP contribution in [0.1, 0.15) is 37.8 Å². The van der Waals surface area contributed by atoms with Crippen molar-refractivity contribution in [2.75, 3.05) is 7.05 Å². The average Bonchev–Trinajstić information content (AvgIpc) is 2.30. The molecular weight excluding hydrogens is 224 g/mol. The van der Waals surface area contributed by atoms with E-state index in [0.29, 0.717) is 12.3 Å². The van der Waals surface area contributed by atoms with Crippen LogP contribution in [0.3, 0.4) is 0 Å². The number of hydrogen-bond donors (Lipinski definition) is 1. The topological polar surface area (TPSA) is 46.3 Å². The average molecular weight is 248 g/mol. The van der Waals surface area contributed by atoms with Gasteiger partial charge in [-0.15, -0.1) is 0 Å². The van der Waals surface area contributed by atoms with Crippen LogP contribution in [-0.4, -0.2) is 18.0 Å². The second-order valence-electron chi connectivity index (χ2n) is 5.27. The predicted molar refractivity (Wildman–Crippen MR) is 74.9 cm³/mol. The Morgan fingerprint density at radius 1 is 1.22 bits per heavy atom. The van der Waals surface area contributed by atoms with Crippen LogP contribution in [-0.2, 0) is 17.6 Å². The van der Waals surface area contributed by atoms with Gasteiger partial charge in [-0.25, -0.2) is 5.84 Å². The summed E-state index contributed by atoms with van der Waals surface area (Å²) in [6.45, 7) is 4.45. The highest BCUT2D eigenvalue weighted by Crippen LogP contribution is 2.11. The zero-order valence-corrected chi connectivity index (χ0v) is 11.6. The van der Waals surface area contributed by atoms with Crippen LogP contribution in [0.25, 0.3) is 0 Å². The van der Waals surface area contributed by atoms with Crippen molar-refractivity contribution in [2.45, 2.75) is 39.5 Å². The quantitative estimate of drug-likeness (QED) is 0.478. The van der Waals surface area contributed by atoms with Crippen molar-refractivity contribution in [2.24, 2.45) is 11.8 Å². The van der Waals surface area contributed by atoms with Crippen molar-refractivity contribution in [1.82, 2.24) is 5.01 Å². The normalized spacial score (nSPS) is 10.7. The summed E-state index contributed by atoms with van der Waals surface area (Å²) in [6, 6.07) is 8.70. The number of carbonyl (C=O) groups excluding carboxylic acids is 1. The first-order valence-electron chi connectivity index (χ1n) is 6.58. The van der Waals surface area contributed by atoms with E-state index in [1.807, 2.05) is 0 Å². The number of hydrogen-bond acceptors (Lipinski definition) is 2. The molecule has 0 atom stereocenters. The maximum atomic E-state index is 11.3. The van der Waals surface area contributed by atoms with Gasteiger partial charge in [-0.05, 0) is 36.3 Å². The molecule has 0 aliphatic rings. The summed E-state index contributed by atoms with van der Waals surface area (Å²) in [5, 5.41) is 1.16. The molecule has 3 heteroatoms. The van der Waals surface area contributed by atoms with Gasteiger partial charge in [-0.3, -0.25) is 9.80 Å². The van der Waals surface area contributed by atoms with Gasteiger partial charge in [0.1, 0.15) is 0 Å². The Morgan fingerprint density at radius 3 is 2.28 bits per heavy atom. The summed E-state index contributed by atoms with van der Waals surface area (Å²) in [5.41, 5.74) is 2.67. The zero-order valence-electron chi connectivity index (χ0n) is 11.6. The lowest BCUT2D eigenvalue weighted by atomic mass is 10.00. The monoisotopic (exact) mass is 248 g/mol. The lowest BCUT2D eigenvalue weighted by Gasteiger charge is -2.09. The van der Waals surface area contributed by atoms with E-state index >= 15 is 0 Å². The number of nitrogens with zero attached hydrogens (tertiary/aromatic N) is 1. The second kappa shape index (κ2) is 7.17. The van der Waals surface area contributed by atoms with Gasteiger partial charge in [-0.1, -0.05) is 38.1 Å². The maximum absolute atomic E-state index is 11.3. The van der Waals surface area contributed by atoms with Crippen molar-refractivity contribution in [3.63, 3.8) is 0 Å². The Bertz CT molecular complexity index is 369. The molecule has 100 valence electrons. The highest BCUT2D eigenvalue weighted by molar-refractivity contribution is 5.75. The molecule has 1 aromatic carbocycles. The van der Waals surface area contributed by atoms with Crippen LogP contribution < -0.4 is 5.84 Å². The molecule has 0 aliphatic heterocycles. The smallest absolute Gasteiger partial charge is 0.236 e. The Labute approximate surface area is 110 Å². The third-order valence-electron chi connectivity index (χ3n) is 2.92. The van der Waals surface area contributed by atoms with E-state index in [1.54, 1.807) is 7.05 Å². The van der Waals surface area contributed by atoms with E-state index < -0.39 is 0 Å². The molecule has 0 bridgehead atoms. The van der Waals surface area contributed by atoms with E-state index in [-0.39, 0.29) is 5.91 Å². The number of amides is 1. The summed E-state index contributed by atoms with van der Waals surface area (Å²) in [6.07, 6.45) is 3.42. The standard InChI is InChI=1S/C15H24N2O/c1-12(2)11-14-9-7-13(8-10-14)5-4-6-15(18)17(3)16/h7-10,12H,4-6,11,16H2,1-3H3. The Morgan fingerprint density at radius 2 is 1.78 bits per heavy atom. The molecule has 1 rings (SSSR count). The largest absolute Gasteiger partial charge is 0.284 e. The van der Waals surface area contributed by atoms with Crippen LogP contribution in [0.15, 0.2) is 24.3 Å². The van der Waals surface area contributed by atoms with Crippen molar-refractivity contribution in [1.29, 1.82) is 0 Å². The van der Waals surface area contributed by atoms with Crippen molar-refractivity contribution in [3.05, 3.63) is 35.4 Å². The van der Waals surface area contributed by atoms with E-state index in [4.69, 9.17) is 5.84 Å². The molecule has 0 heterocycles. The van der Waals surface area contributed by atoms with E-state index in [0.717, 1.165) is 24.3 Å². The van der Waals surface area contributed by atoms with Crippen molar-refractivity contribution < 1.29 is 4.79 Å². The van der Waals surface area contributed by atoms with E-state index in [9.17, 15) is 4.79 Å². The molecule has 0 saturated heterocycles. The number of carbonyl (C=O) groups is 1. The summed E-state index contributed by atoms with van der Waals surface area (Å²) in [4.78, 5) is 11.3. The molecule has 0 unspecified atom stereocenters. The molecule has 2 N–H and O–H groups in total. The van der Waals surface area contributed by atoms with Gasteiger partial charge in [0, 0.05) is 13.5 Å². The SMILES string of the molecule is CC(C)Cc1ccc(CCCC(=O)N(C)N)cc1. The Balaban J connectivity index is 2.37. The van der Waals surface area contributed by atoms with Crippen molar-refractivity contribution in [3.8, 4) is 0 Å². The zero-order chi connectivity index (χ0) is 13.5. The lowest BCUT2D eigenvalue weighted by Crippen LogP contribution is -2.32. The number of benzene rings is 1. The van der Waals surface area contributed by atoms with Crippen molar-refractivity contribution >= 4 is 5.91 Å². The van der Waals surface area contributed by atoms with Crippen LogP contribution >= 0.6 is 0 Å². The fourth-order valence-corrected chi connectivity index (χ4v) is 1.93. The minimum absolute atomic E-state index is 0.00794. The number of aryl methyl sites for hydroxylation is 1. The lowest BCUT2D eigenvalue weighted by molar-refractivity contribution is -0.130. The summed E-state index contributed by atoms with van der Waals surface area (Å²) < 4.78 is 0. The highest BCUT2D eigenvalue weighted by atomic mass is 16.2. The van der Waals surface area contributed by atoms with Gasteiger partial charge >= 0.3 is 0 Å². The molecule has 1 aromatic rings. The summed E-state index contributed by atoms with van der Waals surface area (Å²) in [5.74, 6) is 6.05. The van der Waals surface area contributed by atoms with E-state index in [2.05, 4.69) is 38.1 Å². The molecule has 3 nitrogen and oxygen atoms in total. The first-order valence-corrected chi connectivity index (χ1v) is 6.58.